The number of amides is 3. The Hall–Kier alpha value is -4.33. The molecule has 0 atom stereocenters. The second kappa shape index (κ2) is 9.56. The SMILES string of the molecule is NC(=O)c1cccc(C(N)=O)c1.Nc1ccc(NC(=O)c2ccc(N)cc2)cc1. The van der Waals surface area contributed by atoms with Gasteiger partial charge in [-0.15, -0.1) is 0 Å². The van der Waals surface area contributed by atoms with Crippen LogP contribution in [0.5, 0.6) is 0 Å². The lowest BCUT2D eigenvalue weighted by atomic mass is 10.1. The van der Waals surface area contributed by atoms with Crippen molar-refractivity contribution in [1.29, 1.82) is 0 Å². The molecular weight excluding hydrogens is 370 g/mol. The Bertz CT molecular complexity index is 986. The van der Waals surface area contributed by atoms with Crippen LogP contribution in [0.1, 0.15) is 31.1 Å². The van der Waals surface area contributed by atoms with Crippen molar-refractivity contribution in [3.05, 3.63) is 89.5 Å². The first-order valence-corrected chi connectivity index (χ1v) is 8.48. The lowest BCUT2D eigenvalue weighted by molar-refractivity contribution is 0.0996. The maximum Gasteiger partial charge on any atom is 0.255 e. The average Bonchev–Trinajstić information content (AvgIpc) is 2.70. The molecule has 0 spiro atoms. The molecule has 0 saturated carbocycles. The van der Waals surface area contributed by atoms with Gasteiger partial charge in [-0.3, -0.25) is 14.4 Å². The maximum absolute atomic E-state index is 11.8. The minimum Gasteiger partial charge on any atom is -0.399 e. The number of rotatable bonds is 4. The summed E-state index contributed by atoms with van der Waals surface area (Å²) in [6.07, 6.45) is 0. The predicted octanol–water partition coefficient (Wildman–Crippen LogP) is 1.99. The normalized spacial score (nSPS) is 9.66. The minimum absolute atomic E-state index is 0.172. The van der Waals surface area contributed by atoms with Gasteiger partial charge in [0.2, 0.25) is 11.8 Å². The van der Waals surface area contributed by atoms with Crippen LogP contribution in [0.15, 0.2) is 72.8 Å². The monoisotopic (exact) mass is 391 g/mol. The van der Waals surface area contributed by atoms with Crippen molar-refractivity contribution < 1.29 is 14.4 Å². The van der Waals surface area contributed by atoms with Gasteiger partial charge in [0, 0.05) is 33.8 Å². The van der Waals surface area contributed by atoms with Crippen LogP contribution in [0.4, 0.5) is 17.1 Å². The number of benzene rings is 3. The molecule has 0 aliphatic carbocycles. The Balaban J connectivity index is 0.000000221. The summed E-state index contributed by atoms with van der Waals surface area (Å²) in [5.74, 6) is -1.31. The average molecular weight is 391 g/mol. The molecule has 0 bridgehead atoms. The van der Waals surface area contributed by atoms with E-state index >= 15 is 0 Å². The summed E-state index contributed by atoms with van der Waals surface area (Å²) in [4.78, 5) is 33.1. The smallest absolute Gasteiger partial charge is 0.255 e. The molecule has 0 aromatic heterocycles. The van der Waals surface area contributed by atoms with Gasteiger partial charge in [-0.05, 0) is 66.7 Å². The second-order valence-corrected chi connectivity index (χ2v) is 6.01. The van der Waals surface area contributed by atoms with E-state index in [4.69, 9.17) is 22.9 Å². The third-order valence-electron chi connectivity index (χ3n) is 3.77. The second-order valence-electron chi connectivity index (χ2n) is 6.01. The zero-order chi connectivity index (χ0) is 21.4. The molecular formula is C21H21N5O3. The first-order valence-electron chi connectivity index (χ1n) is 8.48. The van der Waals surface area contributed by atoms with E-state index in [1.807, 2.05) is 0 Å². The molecule has 0 aliphatic heterocycles. The van der Waals surface area contributed by atoms with E-state index in [9.17, 15) is 14.4 Å². The maximum atomic E-state index is 11.8. The Morgan fingerprint density at radius 1 is 0.621 bits per heavy atom. The lowest BCUT2D eigenvalue weighted by Gasteiger charge is -2.05. The molecule has 8 heteroatoms. The number of nitrogen functional groups attached to an aromatic ring is 2. The minimum atomic E-state index is -0.571. The molecule has 3 rings (SSSR count). The topological polar surface area (TPSA) is 167 Å². The molecule has 8 nitrogen and oxygen atoms in total. The number of nitrogens with one attached hydrogen (secondary N) is 1. The van der Waals surface area contributed by atoms with Gasteiger partial charge < -0.3 is 28.3 Å². The molecule has 3 aromatic rings. The number of nitrogens with two attached hydrogens (primary N) is 4. The number of anilines is 3. The Morgan fingerprint density at radius 3 is 1.52 bits per heavy atom. The van der Waals surface area contributed by atoms with Crippen LogP contribution >= 0.6 is 0 Å². The summed E-state index contributed by atoms with van der Waals surface area (Å²) in [5.41, 5.74) is 24.2. The van der Waals surface area contributed by atoms with E-state index in [0.29, 0.717) is 22.6 Å². The van der Waals surface area contributed by atoms with E-state index in [2.05, 4.69) is 5.32 Å². The first kappa shape index (κ1) is 21.0. The fourth-order valence-electron chi connectivity index (χ4n) is 2.23. The summed E-state index contributed by atoms with van der Waals surface area (Å²) in [6, 6.07) is 19.7. The van der Waals surface area contributed by atoms with Crippen LogP contribution in [0.3, 0.4) is 0 Å². The van der Waals surface area contributed by atoms with Crippen LogP contribution < -0.4 is 28.3 Å². The molecule has 0 radical (unpaired) electrons. The van der Waals surface area contributed by atoms with Crippen molar-refractivity contribution >= 4 is 34.8 Å². The summed E-state index contributed by atoms with van der Waals surface area (Å²) in [5, 5.41) is 2.77. The lowest BCUT2D eigenvalue weighted by Crippen LogP contribution is -2.14. The predicted molar refractivity (Wildman–Crippen MR) is 113 cm³/mol. The van der Waals surface area contributed by atoms with Crippen molar-refractivity contribution in [3.8, 4) is 0 Å². The van der Waals surface area contributed by atoms with Crippen LogP contribution in [0.2, 0.25) is 0 Å². The van der Waals surface area contributed by atoms with Gasteiger partial charge >= 0.3 is 0 Å². The molecule has 0 fully saturated rings. The summed E-state index contributed by atoms with van der Waals surface area (Å²) < 4.78 is 0. The van der Waals surface area contributed by atoms with Gasteiger partial charge in [-0.25, -0.2) is 0 Å². The number of carbonyl (C=O) groups excluding carboxylic acids is 3. The van der Waals surface area contributed by atoms with Gasteiger partial charge in [0.25, 0.3) is 5.91 Å². The van der Waals surface area contributed by atoms with Gasteiger partial charge in [0.1, 0.15) is 0 Å². The third-order valence-corrected chi connectivity index (χ3v) is 3.77. The molecule has 0 unspecified atom stereocenters. The van der Waals surface area contributed by atoms with Crippen LogP contribution in [-0.2, 0) is 0 Å². The molecule has 0 saturated heterocycles. The Labute approximate surface area is 167 Å². The standard InChI is InChI=1S/C13H13N3O.C8H8N2O2/c14-10-3-1-9(2-4-10)13(17)16-12-7-5-11(15)6-8-12;9-7(11)5-2-1-3-6(4-5)8(10)12/h1-8H,14-15H2,(H,16,17);1-4H,(H2,9,11)(H2,10,12). The van der Waals surface area contributed by atoms with Gasteiger partial charge in [-0.2, -0.15) is 0 Å². The highest BCUT2D eigenvalue weighted by Crippen LogP contribution is 2.13. The van der Waals surface area contributed by atoms with Crippen LogP contribution in [0, 0.1) is 0 Å². The molecule has 9 N–H and O–H groups in total. The van der Waals surface area contributed by atoms with Crippen molar-refractivity contribution in [2.45, 2.75) is 0 Å². The summed E-state index contributed by atoms with van der Waals surface area (Å²) in [6.45, 7) is 0. The van der Waals surface area contributed by atoms with Gasteiger partial charge in [0.05, 0.1) is 0 Å². The van der Waals surface area contributed by atoms with Crippen LogP contribution in [-0.4, -0.2) is 17.7 Å². The van der Waals surface area contributed by atoms with Gasteiger partial charge in [-0.1, -0.05) is 6.07 Å². The number of hydrogen-bond donors (Lipinski definition) is 5. The van der Waals surface area contributed by atoms with Crippen molar-refractivity contribution in [3.63, 3.8) is 0 Å². The number of carbonyl (C=O) groups is 3. The molecule has 29 heavy (non-hydrogen) atoms. The largest absolute Gasteiger partial charge is 0.399 e. The molecule has 3 aromatic carbocycles. The molecule has 0 heterocycles. The van der Waals surface area contributed by atoms with Crippen molar-refractivity contribution in [1.82, 2.24) is 0 Å². The molecule has 148 valence electrons. The Morgan fingerprint density at radius 2 is 1.07 bits per heavy atom. The molecule has 0 aliphatic rings. The highest BCUT2D eigenvalue weighted by atomic mass is 16.2. The van der Waals surface area contributed by atoms with Crippen molar-refractivity contribution in [2.75, 3.05) is 16.8 Å². The fourth-order valence-corrected chi connectivity index (χ4v) is 2.23. The zero-order valence-electron chi connectivity index (χ0n) is 15.5. The number of primary amides is 2. The summed E-state index contributed by atoms with van der Waals surface area (Å²) >= 11 is 0. The number of hydrogen-bond acceptors (Lipinski definition) is 5. The van der Waals surface area contributed by atoms with E-state index in [1.54, 1.807) is 54.6 Å². The van der Waals surface area contributed by atoms with E-state index in [-0.39, 0.29) is 17.0 Å². The third kappa shape index (κ3) is 6.40. The highest BCUT2D eigenvalue weighted by Gasteiger charge is 2.05. The quantitative estimate of drug-likeness (QED) is 0.428. The highest BCUT2D eigenvalue weighted by molar-refractivity contribution is 6.04. The summed E-state index contributed by atoms with van der Waals surface area (Å²) in [7, 11) is 0. The first-order chi connectivity index (χ1) is 13.8. The van der Waals surface area contributed by atoms with Crippen molar-refractivity contribution in [2.24, 2.45) is 11.5 Å². The molecule has 3 amide bonds. The van der Waals surface area contributed by atoms with Gasteiger partial charge in [0.15, 0.2) is 0 Å². The van der Waals surface area contributed by atoms with E-state index < -0.39 is 11.8 Å². The zero-order valence-corrected chi connectivity index (χ0v) is 15.5. The van der Waals surface area contributed by atoms with E-state index in [1.165, 1.54) is 18.2 Å². The fraction of sp³-hybridized carbons (Fsp3) is 0. The van der Waals surface area contributed by atoms with Crippen LogP contribution in [0.25, 0.3) is 0 Å². The Kier molecular flexibility index (Phi) is 6.92. The van der Waals surface area contributed by atoms with E-state index in [0.717, 1.165) is 0 Å².